The monoisotopic (exact) mass is 263 g/mol. The second-order valence-electron chi connectivity index (χ2n) is 6.04. The van der Waals surface area contributed by atoms with Crippen LogP contribution in [0, 0.1) is 12.3 Å². The summed E-state index contributed by atoms with van der Waals surface area (Å²) in [5.74, 6) is 7.98. The molecule has 1 aliphatic carbocycles. The third-order valence-corrected chi connectivity index (χ3v) is 4.21. The predicted octanol–water partition coefficient (Wildman–Crippen LogP) is 2.62. The number of hydrazine groups is 1. The standard InChI is InChI=1S/C14H25N5/c1-5-11-17-12(9(2)13(18-11)19-15)16-10-7-6-8-14(10,3)4/h10H,5-8,15H2,1-4H3,(H2,16,17,18,19). The number of aromatic nitrogens is 2. The molecule has 0 spiro atoms. The highest BCUT2D eigenvalue weighted by molar-refractivity contribution is 5.57. The molecule has 1 fully saturated rings. The Hall–Kier alpha value is -1.36. The minimum absolute atomic E-state index is 0.320. The number of nitrogens with one attached hydrogen (secondary N) is 2. The third kappa shape index (κ3) is 2.81. The van der Waals surface area contributed by atoms with Gasteiger partial charge in [0.2, 0.25) is 0 Å². The van der Waals surface area contributed by atoms with Crippen molar-refractivity contribution in [3.63, 3.8) is 0 Å². The van der Waals surface area contributed by atoms with Crippen molar-refractivity contribution in [2.45, 2.75) is 59.4 Å². The van der Waals surface area contributed by atoms with Crippen molar-refractivity contribution >= 4 is 11.6 Å². The highest BCUT2D eigenvalue weighted by Crippen LogP contribution is 2.39. The average molecular weight is 263 g/mol. The van der Waals surface area contributed by atoms with E-state index >= 15 is 0 Å². The summed E-state index contributed by atoms with van der Waals surface area (Å²) in [6.45, 7) is 8.68. The second-order valence-corrected chi connectivity index (χ2v) is 6.04. The fourth-order valence-electron chi connectivity index (χ4n) is 2.76. The predicted molar refractivity (Wildman–Crippen MR) is 79.0 cm³/mol. The van der Waals surface area contributed by atoms with Crippen LogP contribution < -0.4 is 16.6 Å². The zero-order valence-corrected chi connectivity index (χ0v) is 12.4. The summed E-state index contributed by atoms with van der Waals surface area (Å²) in [7, 11) is 0. The highest BCUT2D eigenvalue weighted by atomic mass is 15.3. The maximum Gasteiger partial charge on any atom is 0.148 e. The van der Waals surface area contributed by atoms with Gasteiger partial charge in [0.15, 0.2) is 0 Å². The van der Waals surface area contributed by atoms with E-state index in [1.807, 2.05) is 13.8 Å². The lowest BCUT2D eigenvalue weighted by molar-refractivity contribution is 0.349. The van der Waals surface area contributed by atoms with Crippen molar-refractivity contribution in [1.82, 2.24) is 9.97 Å². The zero-order valence-electron chi connectivity index (χ0n) is 12.4. The SMILES string of the molecule is CCc1nc(NN)c(C)c(NC2CCCC2(C)C)n1. The summed E-state index contributed by atoms with van der Waals surface area (Å²) in [5.41, 5.74) is 3.97. The van der Waals surface area contributed by atoms with E-state index in [0.717, 1.165) is 23.6 Å². The summed E-state index contributed by atoms with van der Waals surface area (Å²) in [4.78, 5) is 9.00. The van der Waals surface area contributed by atoms with Gasteiger partial charge < -0.3 is 10.7 Å². The van der Waals surface area contributed by atoms with Gasteiger partial charge in [-0.1, -0.05) is 27.2 Å². The van der Waals surface area contributed by atoms with Gasteiger partial charge in [0.05, 0.1) is 0 Å². The smallest absolute Gasteiger partial charge is 0.148 e. The first-order chi connectivity index (χ1) is 8.97. The quantitative estimate of drug-likeness (QED) is 0.575. The largest absolute Gasteiger partial charge is 0.366 e. The van der Waals surface area contributed by atoms with Crippen LogP contribution in [0.15, 0.2) is 0 Å². The summed E-state index contributed by atoms with van der Waals surface area (Å²) < 4.78 is 0. The first-order valence-corrected chi connectivity index (χ1v) is 7.08. The molecule has 106 valence electrons. The van der Waals surface area contributed by atoms with Gasteiger partial charge in [0, 0.05) is 18.0 Å². The molecule has 0 aliphatic heterocycles. The van der Waals surface area contributed by atoms with Crippen LogP contribution in [0.5, 0.6) is 0 Å². The van der Waals surface area contributed by atoms with Crippen LogP contribution in [0.2, 0.25) is 0 Å². The molecule has 19 heavy (non-hydrogen) atoms. The molecule has 1 aromatic rings. The Morgan fingerprint density at radius 1 is 1.32 bits per heavy atom. The number of hydrogen-bond donors (Lipinski definition) is 3. The number of rotatable bonds is 4. The van der Waals surface area contributed by atoms with E-state index in [0.29, 0.717) is 17.3 Å². The Balaban J connectivity index is 2.29. The molecule has 4 N–H and O–H groups in total. The lowest BCUT2D eigenvalue weighted by Crippen LogP contribution is -2.32. The number of nitrogen functional groups attached to an aromatic ring is 1. The number of nitrogens with two attached hydrogens (primary N) is 1. The average Bonchev–Trinajstić information content (AvgIpc) is 2.71. The maximum absolute atomic E-state index is 5.54. The number of hydrogen-bond acceptors (Lipinski definition) is 5. The van der Waals surface area contributed by atoms with Gasteiger partial charge in [-0.2, -0.15) is 0 Å². The summed E-state index contributed by atoms with van der Waals surface area (Å²) in [6.07, 6.45) is 4.54. The van der Waals surface area contributed by atoms with E-state index in [-0.39, 0.29) is 0 Å². The second kappa shape index (κ2) is 5.33. The molecule has 1 unspecified atom stereocenters. The Morgan fingerprint density at radius 2 is 2.00 bits per heavy atom. The molecule has 5 nitrogen and oxygen atoms in total. The Kier molecular flexibility index (Phi) is 3.94. The number of nitrogens with zero attached hydrogens (tertiary/aromatic N) is 2. The Morgan fingerprint density at radius 3 is 2.53 bits per heavy atom. The Labute approximate surface area is 115 Å². The van der Waals surface area contributed by atoms with Gasteiger partial charge in [-0.15, -0.1) is 0 Å². The van der Waals surface area contributed by atoms with Crippen molar-refractivity contribution in [3.8, 4) is 0 Å². The van der Waals surface area contributed by atoms with Crippen LogP contribution >= 0.6 is 0 Å². The zero-order chi connectivity index (χ0) is 14.0. The lowest BCUT2D eigenvalue weighted by atomic mass is 9.87. The first kappa shape index (κ1) is 14.1. The fraction of sp³-hybridized carbons (Fsp3) is 0.714. The number of anilines is 2. The molecule has 5 heteroatoms. The molecule has 0 aromatic carbocycles. The molecule has 1 saturated carbocycles. The Bertz CT molecular complexity index is 455. The first-order valence-electron chi connectivity index (χ1n) is 7.08. The van der Waals surface area contributed by atoms with Crippen molar-refractivity contribution in [3.05, 3.63) is 11.4 Å². The molecule has 1 atom stereocenters. The fourth-order valence-corrected chi connectivity index (χ4v) is 2.76. The minimum Gasteiger partial charge on any atom is -0.366 e. The molecule has 2 rings (SSSR count). The van der Waals surface area contributed by atoms with Gasteiger partial charge >= 0.3 is 0 Å². The van der Waals surface area contributed by atoms with Crippen molar-refractivity contribution < 1.29 is 0 Å². The van der Waals surface area contributed by atoms with E-state index in [1.54, 1.807) is 0 Å². The van der Waals surface area contributed by atoms with E-state index in [4.69, 9.17) is 5.84 Å². The highest BCUT2D eigenvalue weighted by Gasteiger charge is 2.34. The van der Waals surface area contributed by atoms with Crippen LogP contribution in [0.3, 0.4) is 0 Å². The molecular formula is C14H25N5. The minimum atomic E-state index is 0.320. The lowest BCUT2D eigenvalue weighted by Gasteiger charge is -2.29. The molecule has 1 heterocycles. The molecule has 1 aromatic heterocycles. The molecule has 0 amide bonds. The molecule has 0 radical (unpaired) electrons. The van der Waals surface area contributed by atoms with Crippen LogP contribution in [-0.4, -0.2) is 16.0 Å². The van der Waals surface area contributed by atoms with Crippen LogP contribution in [0.25, 0.3) is 0 Å². The van der Waals surface area contributed by atoms with Crippen LogP contribution in [0.1, 0.15) is 51.4 Å². The van der Waals surface area contributed by atoms with Crippen LogP contribution in [-0.2, 0) is 6.42 Å². The van der Waals surface area contributed by atoms with Crippen molar-refractivity contribution in [2.24, 2.45) is 11.3 Å². The van der Waals surface area contributed by atoms with E-state index in [2.05, 4.69) is 34.6 Å². The number of aryl methyl sites for hydroxylation is 1. The van der Waals surface area contributed by atoms with Gasteiger partial charge in [-0.05, 0) is 25.2 Å². The summed E-state index contributed by atoms with van der Waals surface area (Å²) in [6, 6.07) is 0.469. The van der Waals surface area contributed by atoms with Crippen molar-refractivity contribution in [1.29, 1.82) is 0 Å². The topological polar surface area (TPSA) is 75.9 Å². The van der Waals surface area contributed by atoms with Gasteiger partial charge in [-0.3, -0.25) is 0 Å². The maximum atomic E-state index is 5.54. The van der Waals surface area contributed by atoms with Crippen molar-refractivity contribution in [2.75, 3.05) is 10.7 Å². The molecular weight excluding hydrogens is 238 g/mol. The van der Waals surface area contributed by atoms with Crippen LogP contribution in [0.4, 0.5) is 11.6 Å². The molecule has 0 saturated heterocycles. The van der Waals surface area contributed by atoms with E-state index < -0.39 is 0 Å². The normalized spacial score (nSPS) is 21.4. The van der Waals surface area contributed by atoms with E-state index in [1.165, 1.54) is 19.3 Å². The molecule has 1 aliphatic rings. The summed E-state index contributed by atoms with van der Waals surface area (Å²) in [5, 5.41) is 3.60. The van der Waals surface area contributed by atoms with Gasteiger partial charge in [-0.25, -0.2) is 15.8 Å². The van der Waals surface area contributed by atoms with Gasteiger partial charge in [0.1, 0.15) is 17.5 Å². The summed E-state index contributed by atoms with van der Waals surface area (Å²) >= 11 is 0. The van der Waals surface area contributed by atoms with Gasteiger partial charge in [0.25, 0.3) is 0 Å². The van der Waals surface area contributed by atoms with E-state index in [9.17, 15) is 0 Å². The molecule has 0 bridgehead atoms. The third-order valence-electron chi connectivity index (χ3n) is 4.21.